The van der Waals surface area contributed by atoms with Crippen molar-refractivity contribution in [2.24, 2.45) is 5.73 Å². The standard InChI is InChI=1S/C14H11ClFN3O2S/c15-11-6-9(16)12(19-14(17)21)13(18-11)22-7-10(20)8-4-2-1-3-5-8/h1-6H,7H2,(H3,17,19,21). The van der Waals surface area contributed by atoms with Crippen molar-refractivity contribution in [1.82, 2.24) is 4.98 Å². The van der Waals surface area contributed by atoms with E-state index in [9.17, 15) is 14.0 Å². The van der Waals surface area contributed by atoms with Crippen LogP contribution in [-0.4, -0.2) is 22.6 Å². The maximum Gasteiger partial charge on any atom is 0.316 e. The zero-order valence-corrected chi connectivity index (χ0v) is 12.7. The normalized spacial score (nSPS) is 10.3. The monoisotopic (exact) mass is 339 g/mol. The molecule has 5 nitrogen and oxygen atoms in total. The molecule has 0 bridgehead atoms. The molecule has 8 heteroatoms. The van der Waals surface area contributed by atoms with Crippen LogP contribution in [0.3, 0.4) is 0 Å². The number of rotatable bonds is 5. The minimum atomic E-state index is -0.931. The van der Waals surface area contributed by atoms with E-state index in [1.807, 2.05) is 0 Å². The maximum atomic E-state index is 13.8. The fourth-order valence-electron chi connectivity index (χ4n) is 1.65. The molecule has 0 saturated heterocycles. The number of hydrogen-bond acceptors (Lipinski definition) is 4. The van der Waals surface area contributed by atoms with Crippen LogP contribution in [-0.2, 0) is 0 Å². The van der Waals surface area contributed by atoms with E-state index in [-0.39, 0.29) is 27.4 Å². The summed E-state index contributed by atoms with van der Waals surface area (Å²) in [6.45, 7) is 0. The molecule has 0 unspecified atom stereocenters. The average molecular weight is 340 g/mol. The Balaban J connectivity index is 2.18. The van der Waals surface area contributed by atoms with E-state index in [2.05, 4.69) is 10.3 Å². The molecule has 114 valence electrons. The van der Waals surface area contributed by atoms with Gasteiger partial charge in [-0.3, -0.25) is 4.79 Å². The summed E-state index contributed by atoms with van der Waals surface area (Å²) in [5, 5.41) is 2.15. The van der Waals surface area contributed by atoms with E-state index < -0.39 is 11.8 Å². The minimum absolute atomic E-state index is 0.0181. The van der Waals surface area contributed by atoms with E-state index in [4.69, 9.17) is 17.3 Å². The smallest absolute Gasteiger partial charge is 0.316 e. The lowest BCUT2D eigenvalue weighted by molar-refractivity contribution is 0.102. The largest absolute Gasteiger partial charge is 0.351 e. The van der Waals surface area contributed by atoms with Crippen LogP contribution < -0.4 is 11.1 Å². The lowest BCUT2D eigenvalue weighted by atomic mass is 10.2. The fraction of sp³-hybridized carbons (Fsp3) is 0.0714. The number of thioether (sulfide) groups is 1. The second-order valence-corrected chi connectivity index (χ2v) is 5.53. The minimum Gasteiger partial charge on any atom is -0.351 e. The van der Waals surface area contributed by atoms with Gasteiger partial charge in [-0.1, -0.05) is 53.7 Å². The molecule has 0 aliphatic heterocycles. The molecule has 0 spiro atoms. The Morgan fingerprint density at radius 3 is 2.64 bits per heavy atom. The third-order valence-electron chi connectivity index (χ3n) is 2.59. The Kier molecular flexibility index (Phi) is 5.35. The lowest BCUT2D eigenvalue weighted by Crippen LogP contribution is -2.21. The van der Waals surface area contributed by atoms with Crippen molar-refractivity contribution in [1.29, 1.82) is 0 Å². The van der Waals surface area contributed by atoms with Crippen LogP contribution in [0.25, 0.3) is 0 Å². The summed E-state index contributed by atoms with van der Waals surface area (Å²) in [6.07, 6.45) is 0. The van der Waals surface area contributed by atoms with Gasteiger partial charge in [-0.25, -0.2) is 14.2 Å². The number of primary amides is 1. The topological polar surface area (TPSA) is 85.1 Å². The van der Waals surface area contributed by atoms with Gasteiger partial charge < -0.3 is 11.1 Å². The number of urea groups is 1. The highest BCUT2D eigenvalue weighted by atomic mass is 35.5. The molecule has 0 fully saturated rings. The number of hydrogen-bond donors (Lipinski definition) is 2. The Morgan fingerprint density at radius 2 is 2.00 bits per heavy atom. The number of ketones is 1. The maximum absolute atomic E-state index is 13.8. The molecule has 1 heterocycles. The molecular formula is C14H11ClFN3O2S. The first kappa shape index (κ1) is 16.3. The lowest BCUT2D eigenvalue weighted by Gasteiger charge is -2.10. The molecule has 0 radical (unpaired) electrons. The van der Waals surface area contributed by atoms with Gasteiger partial charge in [0, 0.05) is 11.6 Å². The summed E-state index contributed by atoms with van der Waals surface area (Å²) in [6, 6.07) is 8.67. The highest BCUT2D eigenvalue weighted by Crippen LogP contribution is 2.30. The Labute approximate surface area is 135 Å². The van der Waals surface area contributed by atoms with Gasteiger partial charge in [0.25, 0.3) is 0 Å². The number of aromatic nitrogens is 1. The average Bonchev–Trinajstić information content (AvgIpc) is 2.48. The van der Waals surface area contributed by atoms with Crippen molar-refractivity contribution in [3.05, 3.63) is 52.9 Å². The number of Topliss-reactive ketones (excluding diaryl/α,β-unsaturated/α-hetero) is 1. The summed E-state index contributed by atoms with van der Waals surface area (Å²) in [5.41, 5.74) is 5.33. The number of nitrogens with two attached hydrogens (primary N) is 1. The fourth-order valence-corrected chi connectivity index (χ4v) is 2.77. The summed E-state index contributed by atoms with van der Waals surface area (Å²) < 4.78 is 13.8. The van der Waals surface area contributed by atoms with E-state index in [1.54, 1.807) is 30.3 Å². The van der Waals surface area contributed by atoms with Crippen LogP contribution in [0.4, 0.5) is 14.9 Å². The molecule has 2 aromatic rings. The van der Waals surface area contributed by atoms with Crippen LogP contribution in [0.1, 0.15) is 10.4 Å². The molecule has 1 aromatic heterocycles. The predicted molar refractivity (Wildman–Crippen MR) is 83.9 cm³/mol. The van der Waals surface area contributed by atoms with Crippen molar-refractivity contribution < 1.29 is 14.0 Å². The second-order valence-electron chi connectivity index (χ2n) is 4.17. The summed E-state index contributed by atoms with van der Waals surface area (Å²) in [4.78, 5) is 26.9. The van der Waals surface area contributed by atoms with Crippen LogP contribution in [0.15, 0.2) is 41.4 Å². The first-order valence-electron chi connectivity index (χ1n) is 6.11. The molecule has 0 aliphatic carbocycles. The molecule has 1 aromatic carbocycles. The Hall–Kier alpha value is -2.12. The van der Waals surface area contributed by atoms with Crippen molar-refractivity contribution in [3.8, 4) is 0 Å². The van der Waals surface area contributed by atoms with Gasteiger partial charge in [0.2, 0.25) is 0 Å². The van der Waals surface area contributed by atoms with E-state index in [0.717, 1.165) is 17.8 Å². The van der Waals surface area contributed by atoms with Gasteiger partial charge in [-0.05, 0) is 0 Å². The number of pyridine rings is 1. The number of nitrogens with one attached hydrogen (secondary N) is 1. The van der Waals surface area contributed by atoms with Crippen molar-refractivity contribution in [2.45, 2.75) is 5.03 Å². The number of nitrogens with zero attached hydrogens (tertiary/aromatic N) is 1. The van der Waals surface area contributed by atoms with Crippen molar-refractivity contribution in [2.75, 3.05) is 11.1 Å². The van der Waals surface area contributed by atoms with Gasteiger partial charge in [-0.2, -0.15) is 0 Å². The number of benzene rings is 1. The molecule has 0 aliphatic rings. The highest BCUT2D eigenvalue weighted by Gasteiger charge is 2.16. The summed E-state index contributed by atoms with van der Waals surface area (Å²) in [7, 11) is 0. The Morgan fingerprint density at radius 1 is 1.32 bits per heavy atom. The van der Waals surface area contributed by atoms with Crippen LogP contribution >= 0.6 is 23.4 Å². The van der Waals surface area contributed by atoms with Crippen molar-refractivity contribution >= 4 is 40.9 Å². The molecular weight excluding hydrogens is 329 g/mol. The number of carbonyl (C=O) groups excluding carboxylic acids is 2. The SMILES string of the molecule is NC(=O)Nc1c(F)cc(Cl)nc1SCC(=O)c1ccccc1. The molecule has 2 amide bonds. The number of anilines is 1. The predicted octanol–water partition coefficient (Wildman–Crippen LogP) is 3.34. The third-order valence-corrected chi connectivity index (χ3v) is 3.76. The third kappa shape index (κ3) is 4.19. The van der Waals surface area contributed by atoms with Crippen LogP contribution in [0, 0.1) is 5.82 Å². The van der Waals surface area contributed by atoms with E-state index in [0.29, 0.717) is 5.56 Å². The number of amides is 2. The van der Waals surface area contributed by atoms with Gasteiger partial charge in [-0.15, -0.1) is 0 Å². The zero-order valence-electron chi connectivity index (χ0n) is 11.2. The summed E-state index contributed by atoms with van der Waals surface area (Å²) >= 11 is 6.66. The molecule has 0 atom stereocenters. The number of carbonyl (C=O) groups is 2. The van der Waals surface area contributed by atoms with Gasteiger partial charge in [0.05, 0.1) is 5.75 Å². The van der Waals surface area contributed by atoms with Crippen LogP contribution in [0.5, 0.6) is 0 Å². The molecule has 0 saturated carbocycles. The van der Waals surface area contributed by atoms with Gasteiger partial charge >= 0.3 is 6.03 Å². The molecule has 3 N–H and O–H groups in total. The summed E-state index contributed by atoms with van der Waals surface area (Å²) in [5.74, 6) is -0.907. The molecule has 2 rings (SSSR count). The van der Waals surface area contributed by atoms with Gasteiger partial charge in [0.15, 0.2) is 11.6 Å². The van der Waals surface area contributed by atoms with E-state index in [1.165, 1.54) is 0 Å². The highest BCUT2D eigenvalue weighted by molar-refractivity contribution is 8.00. The quantitative estimate of drug-likeness (QED) is 0.497. The zero-order chi connectivity index (χ0) is 16.1. The first-order valence-corrected chi connectivity index (χ1v) is 7.47. The molecule has 22 heavy (non-hydrogen) atoms. The second kappa shape index (κ2) is 7.24. The first-order chi connectivity index (χ1) is 10.5. The van der Waals surface area contributed by atoms with Gasteiger partial charge in [0.1, 0.15) is 15.9 Å². The van der Waals surface area contributed by atoms with Crippen LogP contribution in [0.2, 0.25) is 5.15 Å². The van der Waals surface area contributed by atoms with E-state index >= 15 is 0 Å². The van der Waals surface area contributed by atoms with Crippen molar-refractivity contribution in [3.63, 3.8) is 0 Å². The number of halogens is 2. The Bertz CT molecular complexity index is 713.